The Labute approximate surface area is 125 Å². The zero-order chi connectivity index (χ0) is 15.4. The van der Waals surface area contributed by atoms with Crippen molar-refractivity contribution in [2.24, 2.45) is 0 Å². The molecule has 2 rings (SSSR count). The summed E-state index contributed by atoms with van der Waals surface area (Å²) in [4.78, 5) is 12.4. The van der Waals surface area contributed by atoms with Crippen molar-refractivity contribution in [3.05, 3.63) is 70.5 Å². The first-order valence-electron chi connectivity index (χ1n) is 7.06. The third kappa shape index (κ3) is 3.99. The number of hydrogen-bond acceptors (Lipinski definition) is 2. The minimum Gasteiger partial charge on any atom is -0.303 e. The monoisotopic (exact) mass is 285 g/mol. The normalized spacial score (nSPS) is 12.2. The second kappa shape index (κ2) is 6.64. The van der Waals surface area contributed by atoms with Crippen LogP contribution in [-0.4, -0.2) is 11.8 Å². The van der Waals surface area contributed by atoms with Crippen LogP contribution in [0, 0.1) is 19.7 Å². The molecule has 0 saturated carbocycles. The SMILES string of the molecule is Cc1ccc(C(=O)C(C)NCc2ccc(F)cc2)c(C)c1. The Hall–Kier alpha value is -2.00. The quantitative estimate of drug-likeness (QED) is 0.847. The molecule has 0 aliphatic rings. The number of halogens is 1. The smallest absolute Gasteiger partial charge is 0.179 e. The molecule has 0 aliphatic carbocycles. The fourth-order valence-corrected chi connectivity index (χ4v) is 2.29. The molecule has 0 bridgehead atoms. The first-order valence-corrected chi connectivity index (χ1v) is 7.06. The zero-order valence-corrected chi connectivity index (χ0v) is 12.6. The van der Waals surface area contributed by atoms with Crippen molar-refractivity contribution >= 4 is 5.78 Å². The maximum atomic E-state index is 12.8. The average Bonchev–Trinajstić information content (AvgIpc) is 2.45. The Balaban J connectivity index is 2.00. The van der Waals surface area contributed by atoms with E-state index in [4.69, 9.17) is 0 Å². The fraction of sp³-hybridized carbons (Fsp3) is 0.278. The number of carbonyl (C=O) groups excluding carboxylic acids is 1. The van der Waals surface area contributed by atoms with Crippen molar-refractivity contribution in [1.82, 2.24) is 5.32 Å². The van der Waals surface area contributed by atoms with Gasteiger partial charge in [-0.05, 0) is 44.0 Å². The first kappa shape index (κ1) is 15.4. The van der Waals surface area contributed by atoms with Gasteiger partial charge in [0.15, 0.2) is 5.78 Å². The van der Waals surface area contributed by atoms with Crippen molar-refractivity contribution in [2.75, 3.05) is 0 Å². The molecule has 2 aromatic rings. The lowest BCUT2D eigenvalue weighted by Gasteiger charge is -2.14. The summed E-state index contributed by atoms with van der Waals surface area (Å²) in [7, 11) is 0. The highest BCUT2D eigenvalue weighted by Gasteiger charge is 2.16. The van der Waals surface area contributed by atoms with Crippen LogP contribution in [0.2, 0.25) is 0 Å². The molecule has 0 radical (unpaired) electrons. The van der Waals surface area contributed by atoms with Gasteiger partial charge in [0.05, 0.1) is 6.04 Å². The van der Waals surface area contributed by atoms with Crippen LogP contribution in [0.5, 0.6) is 0 Å². The molecule has 2 aromatic carbocycles. The second-order valence-electron chi connectivity index (χ2n) is 5.41. The summed E-state index contributed by atoms with van der Waals surface area (Å²) >= 11 is 0. The maximum Gasteiger partial charge on any atom is 0.179 e. The molecule has 0 fully saturated rings. The predicted octanol–water partition coefficient (Wildman–Crippen LogP) is 3.80. The Bertz CT molecular complexity index is 634. The van der Waals surface area contributed by atoms with E-state index in [2.05, 4.69) is 5.32 Å². The molecular weight excluding hydrogens is 265 g/mol. The van der Waals surface area contributed by atoms with Crippen LogP contribution in [0.25, 0.3) is 0 Å². The number of rotatable bonds is 5. The first-order chi connectivity index (χ1) is 9.97. The van der Waals surface area contributed by atoms with E-state index in [1.54, 1.807) is 12.1 Å². The Kier molecular flexibility index (Phi) is 4.86. The van der Waals surface area contributed by atoms with E-state index in [0.717, 1.165) is 22.3 Å². The molecule has 2 nitrogen and oxygen atoms in total. The largest absolute Gasteiger partial charge is 0.303 e. The number of carbonyl (C=O) groups is 1. The van der Waals surface area contributed by atoms with E-state index in [1.165, 1.54) is 12.1 Å². The van der Waals surface area contributed by atoms with Gasteiger partial charge < -0.3 is 5.32 Å². The summed E-state index contributed by atoms with van der Waals surface area (Å²) in [5.41, 5.74) is 3.85. The molecule has 0 heterocycles. The van der Waals surface area contributed by atoms with Gasteiger partial charge in [0.25, 0.3) is 0 Å². The van der Waals surface area contributed by atoms with Gasteiger partial charge in [-0.3, -0.25) is 4.79 Å². The van der Waals surface area contributed by atoms with Crippen LogP contribution in [0.15, 0.2) is 42.5 Å². The molecule has 110 valence electrons. The lowest BCUT2D eigenvalue weighted by Crippen LogP contribution is -2.33. The van der Waals surface area contributed by atoms with Gasteiger partial charge in [-0.25, -0.2) is 4.39 Å². The number of Topliss-reactive ketones (excluding diaryl/α,β-unsaturated/α-hetero) is 1. The molecule has 21 heavy (non-hydrogen) atoms. The summed E-state index contributed by atoms with van der Waals surface area (Å²) in [6, 6.07) is 11.8. The molecule has 0 spiro atoms. The van der Waals surface area contributed by atoms with Gasteiger partial charge in [0.1, 0.15) is 5.82 Å². The van der Waals surface area contributed by atoms with Crippen molar-refractivity contribution < 1.29 is 9.18 Å². The van der Waals surface area contributed by atoms with Crippen molar-refractivity contribution in [3.8, 4) is 0 Å². The van der Waals surface area contributed by atoms with Crippen LogP contribution in [0.4, 0.5) is 4.39 Å². The van der Waals surface area contributed by atoms with Crippen LogP contribution in [-0.2, 0) is 6.54 Å². The van der Waals surface area contributed by atoms with Gasteiger partial charge in [0.2, 0.25) is 0 Å². The number of hydrogen-bond donors (Lipinski definition) is 1. The van der Waals surface area contributed by atoms with E-state index >= 15 is 0 Å². The van der Waals surface area contributed by atoms with Gasteiger partial charge in [-0.1, -0.05) is 35.9 Å². The molecule has 1 N–H and O–H groups in total. The molecule has 0 amide bonds. The standard InChI is InChI=1S/C18H20FNO/c1-12-4-9-17(13(2)10-12)18(21)14(3)20-11-15-5-7-16(19)8-6-15/h4-10,14,20H,11H2,1-3H3. The third-order valence-electron chi connectivity index (χ3n) is 3.57. The number of ketones is 1. The lowest BCUT2D eigenvalue weighted by molar-refractivity contribution is 0.0949. The van der Waals surface area contributed by atoms with Gasteiger partial charge in [0, 0.05) is 12.1 Å². The molecule has 1 atom stereocenters. The lowest BCUT2D eigenvalue weighted by atomic mass is 9.98. The highest BCUT2D eigenvalue weighted by atomic mass is 19.1. The minimum atomic E-state index is -0.281. The van der Waals surface area contributed by atoms with Crippen LogP contribution >= 0.6 is 0 Å². The van der Waals surface area contributed by atoms with E-state index in [0.29, 0.717) is 6.54 Å². The third-order valence-corrected chi connectivity index (χ3v) is 3.57. The molecule has 3 heteroatoms. The van der Waals surface area contributed by atoms with Crippen molar-refractivity contribution in [2.45, 2.75) is 33.4 Å². The Morgan fingerprint density at radius 3 is 2.43 bits per heavy atom. The summed E-state index contributed by atoms with van der Waals surface area (Å²) in [5.74, 6) is -0.173. The van der Waals surface area contributed by atoms with Gasteiger partial charge in [-0.2, -0.15) is 0 Å². The Morgan fingerprint density at radius 2 is 1.81 bits per heavy atom. The Morgan fingerprint density at radius 1 is 1.14 bits per heavy atom. The summed E-state index contributed by atoms with van der Waals surface area (Å²) in [5, 5.41) is 3.19. The number of nitrogens with one attached hydrogen (secondary N) is 1. The van der Waals surface area contributed by atoms with Gasteiger partial charge in [-0.15, -0.1) is 0 Å². The predicted molar refractivity (Wildman–Crippen MR) is 82.9 cm³/mol. The summed E-state index contributed by atoms with van der Waals surface area (Å²) in [6.07, 6.45) is 0. The summed E-state index contributed by atoms with van der Waals surface area (Å²) in [6.45, 7) is 6.35. The van der Waals surface area contributed by atoms with Crippen LogP contribution in [0.3, 0.4) is 0 Å². The van der Waals surface area contributed by atoms with Crippen molar-refractivity contribution in [1.29, 1.82) is 0 Å². The van der Waals surface area contributed by atoms with E-state index in [-0.39, 0.29) is 17.6 Å². The average molecular weight is 285 g/mol. The van der Waals surface area contributed by atoms with E-state index < -0.39 is 0 Å². The number of aryl methyl sites for hydroxylation is 2. The highest BCUT2D eigenvalue weighted by molar-refractivity contribution is 6.01. The zero-order valence-electron chi connectivity index (χ0n) is 12.6. The number of benzene rings is 2. The minimum absolute atomic E-state index is 0.0783. The van der Waals surface area contributed by atoms with Crippen molar-refractivity contribution in [3.63, 3.8) is 0 Å². The fourth-order valence-electron chi connectivity index (χ4n) is 2.29. The molecule has 0 aromatic heterocycles. The molecule has 1 unspecified atom stereocenters. The van der Waals surface area contributed by atoms with E-state index in [9.17, 15) is 9.18 Å². The second-order valence-corrected chi connectivity index (χ2v) is 5.41. The molecule has 0 saturated heterocycles. The summed E-state index contributed by atoms with van der Waals surface area (Å²) < 4.78 is 12.8. The van der Waals surface area contributed by atoms with Crippen LogP contribution < -0.4 is 5.32 Å². The van der Waals surface area contributed by atoms with Crippen LogP contribution in [0.1, 0.15) is 34.0 Å². The molecular formula is C18H20FNO. The van der Waals surface area contributed by atoms with Gasteiger partial charge >= 0.3 is 0 Å². The molecule has 0 aliphatic heterocycles. The highest BCUT2D eigenvalue weighted by Crippen LogP contribution is 2.13. The maximum absolute atomic E-state index is 12.8. The topological polar surface area (TPSA) is 29.1 Å². The van der Waals surface area contributed by atoms with E-state index in [1.807, 2.05) is 39.0 Å².